The fourth-order valence-corrected chi connectivity index (χ4v) is 5.97. The van der Waals surface area contributed by atoms with Gasteiger partial charge in [-0.1, -0.05) is 30.3 Å². The van der Waals surface area contributed by atoms with Crippen molar-refractivity contribution in [3.05, 3.63) is 82.0 Å². The fraction of sp³-hybridized carbons (Fsp3) is 0.280. The maximum absolute atomic E-state index is 13.0. The first-order valence-electron chi connectivity index (χ1n) is 10.7. The third-order valence-electron chi connectivity index (χ3n) is 5.44. The van der Waals surface area contributed by atoms with Crippen molar-refractivity contribution in [1.29, 1.82) is 0 Å². The molecule has 0 radical (unpaired) electrons. The maximum atomic E-state index is 13.0. The number of nitrogens with one attached hydrogen (secondary N) is 1. The molecule has 180 valence electrons. The molecule has 0 saturated carbocycles. The van der Waals surface area contributed by atoms with Crippen molar-refractivity contribution in [2.24, 2.45) is 0 Å². The number of thioether (sulfide) groups is 1. The molecule has 1 aliphatic heterocycles. The molecule has 1 N–H and O–H groups in total. The number of carbonyl (C=O) groups excluding carboxylic acids is 2. The second kappa shape index (κ2) is 12.4. The van der Waals surface area contributed by atoms with Crippen LogP contribution < -0.4 is 5.32 Å². The van der Waals surface area contributed by atoms with Gasteiger partial charge < -0.3 is 10.1 Å². The number of hydrogen-bond acceptors (Lipinski definition) is 6. The Kier molecular flexibility index (Phi) is 9.53. The van der Waals surface area contributed by atoms with Crippen LogP contribution in [0.5, 0.6) is 0 Å². The normalized spacial score (nSPS) is 13.0. The second-order valence-electron chi connectivity index (χ2n) is 7.75. The molecular formula is C25H26ClFN2O3S2. The predicted molar refractivity (Wildman–Crippen MR) is 138 cm³/mol. The van der Waals surface area contributed by atoms with Gasteiger partial charge in [0, 0.05) is 41.6 Å². The predicted octanol–water partition coefficient (Wildman–Crippen LogP) is 5.77. The van der Waals surface area contributed by atoms with Gasteiger partial charge in [0.25, 0.3) is 0 Å². The molecule has 34 heavy (non-hydrogen) atoms. The van der Waals surface area contributed by atoms with Gasteiger partial charge >= 0.3 is 5.97 Å². The lowest BCUT2D eigenvalue weighted by Gasteiger charge is -2.27. The molecule has 1 aliphatic rings. The Balaban J connectivity index is 0.00000324. The Morgan fingerprint density at radius 2 is 1.88 bits per heavy atom. The number of methoxy groups -OCH3 is 1. The molecule has 0 saturated heterocycles. The summed E-state index contributed by atoms with van der Waals surface area (Å²) in [5, 5.41) is 3.49. The Bertz CT molecular complexity index is 1120. The number of halogens is 2. The number of amides is 1. The number of rotatable bonds is 8. The lowest BCUT2D eigenvalue weighted by molar-refractivity contribution is -0.115. The van der Waals surface area contributed by atoms with E-state index in [0.29, 0.717) is 16.3 Å². The molecule has 0 unspecified atom stereocenters. The van der Waals surface area contributed by atoms with E-state index in [-0.39, 0.29) is 30.6 Å². The molecule has 3 aromatic rings. The second-order valence-corrected chi connectivity index (χ2v) is 10.0. The molecule has 9 heteroatoms. The van der Waals surface area contributed by atoms with Crippen LogP contribution in [0.25, 0.3) is 0 Å². The standard InChI is InChI=1S/C25H25FN2O3S2.ClH/c1-31-25(30)23-20-11-13-28(15-17-5-3-2-4-6-17)16-21(20)33-24(23)27-22(29)12-14-32-19-9-7-18(26)8-10-19;/h2-10H,11-16H2,1H3,(H,27,29);1H. The van der Waals surface area contributed by atoms with Gasteiger partial charge in [0.1, 0.15) is 10.8 Å². The van der Waals surface area contributed by atoms with Crippen molar-refractivity contribution in [2.45, 2.75) is 30.8 Å². The topological polar surface area (TPSA) is 58.6 Å². The van der Waals surface area contributed by atoms with Gasteiger partial charge in [-0.15, -0.1) is 35.5 Å². The van der Waals surface area contributed by atoms with Crippen LogP contribution in [0.3, 0.4) is 0 Å². The average Bonchev–Trinajstić information content (AvgIpc) is 3.17. The van der Waals surface area contributed by atoms with Crippen LogP contribution in [-0.2, 0) is 29.0 Å². The molecule has 4 rings (SSSR count). The largest absolute Gasteiger partial charge is 0.465 e. The van der Waals surface area contributed by atoms with Gasteiger partial charge in [-0.3, -0.25) is 9.69 Å². The van der Waals surface area contributed by atoms with E-state index in [2.05, 4.69) is 22.3 Å². The zero-order valence-corrected chi connectivity index (χ0v) is 21.2. The zero-order chi connectivity index (χ0) is 23.2. The summed E-state index contributed by atoms with van der Waals surface area (Å²) in [7, 11) is 1.36. The minimum Gasteiger partial charge on any atom is -0.465 e. The summed E-state index contributed by atoms with van der Waals surface area (Å²) in [5.41, 5.74) is 2.71. The van der Waals surface area contributed by atoms with E-state index in [1.54, 1.807) is 12.1 Å². The van der Waals surface area contributed by atoms with Crippen molar-refractivity contribution in [2.75, 3.05) is 24.7 Å². The monoisotopic (exact) mass is 520 g/mol. The molecular weight excluding hydrogens is 495 g/mol. The van der Waals surface area contributed by atoms with Crippen molar-refractivity contribution >= 4 is 52.4 Å². The van der Waals surface area contributed by atoms with E-state index in [0.717, 1.165) is 41.4 Å². The summed E-state index contributed by atoms with van der Waals surface area (Å²) in [5.74, 6) is -0.299. The van der Waals surface area contributed by atoms with Crippen molar-refractivity contribution in [3.8, 4) is 0 Å². The van der Waals surface area contributed by atoms with E-state index < -0.39 is 5.97 Å². The number of esters is 1. The van der Waals surface area contributed by atoms with Gasteiger partial charge in [0.05, 0.1) is 12.7 Å². The van der Waals surface area contributed by atoms with Crippen molar-refractivity contribution in [1.82, 2.24) is 4.90 Å². The summed E-state index contributed by atoms with van der Waals surface area (Å²) in [6, 6.07) is 16.5. The molecule has 1 aromatic heterocycles. The number of nitrogens with zero attached hydrogens (tertiary/aromatic N) is 1. The van der Waals surface area contributed by atoms with E-state index >= 15 is 0 Å². The molecule has 0 bridgehead atoms. The summed E-state index contributed by atoms with van der Waals surface area (Å²) < 4.78 is 18.1. The van der Waals surface area contributed by atoms with Crippen LogP contribution in [0.4, 0.5) is 9.39 Å². The highest BCUT2D eigenvalue weighted by molar-refractivity contribution is 7.99. The highest BCUT2D eigenvalue weighted by atomic mass is 35.5. The summed E-state index contributed by atoms with van der Waals surface area (Å²) in [4.78, 5) is 29.5. The first-order valence-corrected chi connectivity index (χ1v) is 12.5. The van der Waals surface area contributed by atoms with Crippen LogP contribution in [0.2, 0.25) is 0 Å². The van der Waals surface area contributed by atoms with Gasteiger partial charge in [-0.2, -0.15) is 0 Å². The minimum atomic E-state index is -0.417. The molecule has 0 spiro atoms. The number of anilines is 1. The summed E-state index contributed by atoms with van der Waals surface area (Å²) in [6.45, 7) is 2.41. The molecule has 5 nitrogen and oxygen atoms in total. The summed E-state index contributed by atoms with van der Waals surface area (Å²) in [6.07, 6.45) is 1.02. The van der Waals surface area contributed by atoms with Gasteiger partial charge in [-0.05, 0) is 41.8 Å². The number of ether oxygens (including phenoxy) is 1. The third kappa shape index (κ3) is 6.60. The lowest BCUT2D eigenvalue weighted by Crippen LogP contribution is -2.29. The molecule has 0 fully saturated rings. The van der Waals surface area contributed by atoms with Crippen molar-refractivity contribution < 1.29 is 18.7 Å². The van der Waals surface area contributed by atoms with Crippen molar-refractivity contribution in [3.63, 3.8) is 0 Å². The highest BCUT2D eigenvalue weighted by Gasteiger charge is 2.29. The number of hydrogen-bond donors (Lipinski definition) is 1. The van der Waals surface area contributed by atoms with Gasteiger partial charge in [0.15, 0.2) is 0 Å². The Morgan fingerprint density at radius 3 is 2.59 bits per heavy atom. The smallest absolute Gasteiger partial charge is 0.341 e. The zero-order valence-electron chi connectivity index (χ0n) is 18.7. The number of thiophene rings is 1. The first kappa shape index (κ1) is 26.2. The fourth-order valence-electron chi connectivity index (χ4n) is 3.82. The van der Waals surface area contributed by atoms with Crippen LogP contribution >= 0.6 is 35.5 Å². The van der Waals surface area contributed by atoms with Crippen LogP contribution in [0.15, 0.2) is 59.5 Å². The van der Waals surface area contributed by atoms with Crippen LogP contribution in [0, 0.1) is 5.82 Å². The lowest BCUT2D eigenvalue weighted by atomic mass is 10.0. The van der Waals surface area contributed by atoms with Gasteiger partial charge in [0.2, 0.25) is 5.91 Å². The molecule has 1 amide bonds. The number of carbonyl (C=O) groups is 2. The van der Waals surface area contributed by atoms with E-state index in [1.165, 1.54) is 47.9 Å². The van der Waals surface area contributed by atoms with E-state index in [4.69, 9.17) is 4.74 Å². The third-order valence-corrected chi connectivity index (χ3v) is 7.58. The molecule has 2 aromatic carbocycles. The maximum Gasteiger partial charge on any atom is 0.341 e. The summed E-state index contributed by atoms with van der Waals surface area (Å²) >= 11 is 2.95. The quantitative estimate of drug-likeness (QED) is 0.301. The Morgan fingerprint density at radius 1 is 1.15 bits per heavy atom. The van der Waals surface area contributed by atoms with Crippen LogP contribution in [-0.4, -0.2) is 36.2 Å². The van der Waals surface area contributed by atoms with Crippen LogP contribution in [0.1, 0.15) is 32.8 Å². The molecule has 2 heterocycles. The molecule has 0 aliphatic carbocycles. The minimum absolute atomic E-state index is 0. The SMILES string of the molecule is COC(=O)c1c(NC(=O)CCSc2ccc(F)cc2)sc2c1CCN(Cc1ccccc1)C2.Cl. The Hall–Kier alpha value is -2.39. The molecule has 0 atom stereocenters. The van der Waals surface area contributed by atoms with E-state index in [9.17, 15) is 14.0 Å². The number of benzene rings is 2. The Labute approximate surface area is 213 Å². The first-order chi connectivity index (χ1) is 16.0. The van der Waals surface area contributed by atoms with Gasteiger partial charge in [-0.25, -0.2) is 9.18 Å². The average molecular weight is 521 g/mol. The highest BCUT2D eigenvalue weighted by Crippen LogP contribution is 2.38. The number of fused-ring (bicyclic) bond motifs is 1. The van der Waals surface area contributed by atoms with E-state index in [1.807, 2.05) is 18.2 Å².